The Morgan fingerprint density at radius 2 is 1.97 bits per heavy atom. The lowest BCUT2D eigenvalue weighted by atomic mass is 10.2. The summed E-state index contributed by atoms with van der Waals surface area (Å²) >= 11 is 12.7. The number of carboxylic acid groups (broad SMARTS) is 1. The van der Waals surface area contributed by atoms with Crippen molar-refractivity contribution < 1.29 is 19.6 Å². The number of halogens is 1. The quantitative estimate of drug-likeness (QED) is 0.231. The van der Waals surface area contributed by atoms with Crippen LogP contribution in [0.5, 0.6) is 0 Å². The lowest BCUT2D eigenvalue weighted by molar-refractivity contribution is -0.384. The number of carboxylic acids is 1. The second-order valence-corrected chi connectivity index (χ2v) is 8.65. The van der Waals surface area contributed by atoms with E-state index in [1.807, 2.05) is 0 Å². The van der Waals surface area contributed by atoms with E-state index in [-0.39, 0.29) is 15.6 Å². The van der Waals surface area contributed by atoms with Gasteiger partial charge < -0.3 is 9.67 Å². The van der Waals surface area contributed by atoms with Crippen molar-refractivity contribution in [3.63, 3.8) is 0 Å². The van der Waals surface area contributed by atoms with Gasteiger partial charge in [0.05, 0.1) is 31.8 Å². The zero-order valence-electron chi connectivity index (χ0n) is 16.0. The smallest absolute Gasteiger partial charge is 0.335 e. The van der Waals surface area contributed by atoms with Gasteiger partial charge in [-0.1, -0.05) is 41.6 Å². The van der Waals surface area contributed by atoms with Gasteiger partial charge in [-0.25, -0.2) is 4.79 Å². The van der Waals surface area contributed by atoms with Crippen molar-refractivity contribution in [3.05, 3.63) is 92.1 Å². The third-order valence-corrected chi connectivity index (χ3v) is 6.23. The molecule has 4 rings (SSSR count). The first-order chi connectivity index (χ1) is 15.3. The van der Waals surface area contributed by atoms with Crippen molar-refractivity contribution in [2.75, 3.05) is 4.90 Å². The van der Waals surface area contributed by atoms with Crippen LogP contribution in [0.2, 0.25) is 5.02 Å². The Hall–Kier alpha value is -3.47. The fourth-order valence-electron chi connectivity index (χ4n) is 3.13. The summed E-state index contributed by atoms with van der Waals surface area (Å²) in [5.74, 6) is -1.51. The molecule has 32 heavy (non-hydrogen) atoms. The van der Waals surface area contributed by atoms with Gasteiger partial charge in [-0.05, 0) is 42.5 Å². The maximum Gasteiger partial charge on any atom is 0.335 e. The summed E-state index contributed by atoms with van der Waals surface area (Å²) < 4.78 is 1.89. The molecule has 0 spiro atoms. The Morgan fingerprint density at radius 1 is 1.19 bits per heavy atom. The minimum atomic E-state index is -1.11. The third kappa shape index (κ3) is 4.03. The number of thioether (sulfide) groups is 1. The van der Waals surface area contributed by atoms with E-state index in [4.69, 9.17) is 23.8 Å². The second kappa shape index (κ2) is 8.58. The van der Waals surface area contributed by atoms with Crippen LogP contribution in [0.3, 0.4) is 0 Å². The maximum absolute atomic E-state index is 13.1. The number of aromatic carboxylic acids is 1. The molecule has 160 valence electrons. The van der Waals surface area contributed by atoms with Gasteiger partial charge in [0.15, 0.2) is 4.32 Å². The number of anilines is 1. The number of hydrogen-bond donors (Lipinski definition) is 1. The highest BCUT2D eigenvalue weighted by molar-refractivity contribution is 8.27. The molecule has 1 aromatic heterocycles. The fourth-order valence-corrected chi connectivity index (χ4v) is 4.63. The summed E-state index contributed by atoms with van der Waals surface area (Å²) in [7, 11) is 0. The summed E-state index contributed by atoms with van der Waals surface area (Å²) in [6.45, 7) is 0. The lowest BCUT2D eigenvalue weighted by Gasteiger charge is -2.15. The summed E-state index contributed by atoms with van der Waals surface area (Å²) in [5.41, 5.74) is 1.23. The molecule has 1 aliphatic rings. The Morgan fingerprint density at radius 3 is 2.69 bits per heavy atom. The molecule has 0 atom stereocenters. The summed E-state index contributed by atoms with van der Waals surface area (Å²) in [5, 5.41) is 20.7. The predicted molar refractivity (Wildman–Crippen MR) is 126 cm³/mol. The zero-order chi connectivity index (χ0) is 23.0. The molecule has 1 N–H and O–H groups in total. The average Bonchev–Trinajstić information content (AvgIpc) is 3.32. The maximum atomic E-state index is 13.1. The SMILES string of the molecule is O=C(O)c1cccc(N2C(=O)C(=Cc3cccn3-c3cc([N+](=O)[O-])ccc3Cl)SC2=S)c1. The van der Waals surface area contributed by atoms with E-state index in [2.05, 4.69) is 0 Å². The highest BCUT2D eigenvalue weighted by Crippen LogP contribution is 2.37. The molecule has 2 aromatic carbocycles. The number of nitro benzene ring substituents is 1. The fraction of sp³-hybridized carbons (Fsp3) is 0. The van der Waals surface area contributed by atoms with Crippen LogP contribution in [-0.4, -0.2) is 30.8 Å². The van der Waals surface area contributed by atoms with Crippen molar-refractivity contribution in [3.8, 4) is 5.69 Å². The first-order valence-corrected chi connectivity index (χ1v) is 10.6. The van der Waals surface area contributed by atoms with Gasteiger partial charge in [-0.3, -0.25) is 19.8 Å². The molecule has 2 heterocycles. The molecule has 8 nitrogen and oxygen atoms in total. The van der Waals surface area contributed by atoms with Crippen molar-refractivity contribution in [2.45, 2.75) is 0 Å². The molecule has 0 unspecified atom stereocenters. The highest BCUT2D eigenvalue weighted by atomic mass is 35.5. The van der Waals surface area contributed by atoms with Crippen LogP contribution in [-0.2, 0) is 4.79 Å². The van der Waals surface area contributed by atoms with Gasteiger partial charge in [0.1, 0.15) is 0 Å². The van der Waals surface area contributed by atoms with E-state index < -0.39 is 16.8 Å². The van der Waals surface area contributed by atoms with Crippen molar-refractivity contribution in [1.29, 1.82) is 0 Å². The Balaban J connectivity index is 1.71. The normalized spacial score (nSPS) is 14.9. The zero-order valence-corrected chi connectivity index (χ0v) is 18.4. The number of nitrogens with zero attached hydrogens (tertiary/aromatic N) is 3. The summed E-state index contributed by atoms with van der Waals surface area (Å²) in [4.78, 5) is 36.5. The number of non-ortho nitro benzene ring substituents is 1. The number of rotatable bonds is 5. The molecule has 1 saturated heterocycles. The molecule has 3 aromatic rings. The summed E-state index contributed by atoms with van der Waals surface area (Å²) in [6.07, 6.45) is 3.28. The van der Waals surface area contributed by atoms with E-state index >= 15 is 0 Å². The second-order valence-electron chi connectivity index (χ2n) is 6.57. The summed E-state index contributed by atoms with van der Waals surface area (Å²) in [6, 6.07) is 13.5. The Bertz CT molecular complexity index is 1330. The number of benzene rings is 2. The van der Waals surface area contributed by atoms with Crippen molar-refractivity contribution in [2.24, 2.45) is 0 Å². The van der Waals surface area contributed by atoms with E-state index in [0.717, 1.165) is 11.8 Å². The standard InChI is InChI=1S/C21H12ClN3O5S2/c22-16-7-6-15(25(29)30)10-17(16)23-8-2-5-13(23)11-18-19(26)24(21(31)32-18)14-4-1-3-12(9-14)20(27)28/h1-11H,(H,27,28). The van der Waals surface area contributed by atoms with Gasteiger partial charge in [-0.2, -0.15) is 0 Å². The first kappa shape index (κ1) is 21.8. The molecule has 0 aliphatic carbocycles. The number of amides is 1. The Labute approximate surface area is 195 Å². The van der Waals surface area contributed by atoms with Crippen LogP contribution < -0.4 is 4.90 Å². The van der Waals surface area contributed by atoms with Crippen LogP contribution in [0.4, 0.5) is 11.4 Å². The number of nitro groups is 1. The molecular weight excluding hydrogens is 474 g/mol. The van der Waals surface area contributed by atoms with E-state index in [1.165, 1.54) is 41.3 Å². The molecule has 0 radical (unpaired) electrons. The molecule has 1 amide bonds. The number of carbonyl (C=O) groups excluding carboxylic acids is 1. The Kier molecular flexibility index (Phi) is 5.83. The largest absolute Gasteiger partial charge is 0.478 e. The van der Waals surface area contributed by atoms with Crippen LogP contribution in [0.15, 0.2) is 65.7 Å². The van der Waals surface area contributed by atoms with E-state index in [9.17, 15) is 24.8 Å². The van der Waals surface area contributed by atoms with Crippen molar-refractivity contribution in [1.82, 2.24) is 4.57 Å². The van der Waals surface area contributed by atoms with Gasteiger partial charge >= 0.3 is 5.97 Å². The van der Waals surface area contributed by atoms with Gasteiger partial charge in [-0.15, -0.1) is 0 Å². The molecule has 1 fully saturated rings. The third-order valence-electron chi connectivity index (χ3n) is 4.60. The number of hydrogen-bond acceptors (Lipinski definition) is 6. The molecular formula is C21H12ClN3O5S2. The van der Waals surface area contributed by atoms with Crippen molar-refractivity contribution >= 4 is 69.2 Å². The van der Waals surface area contributed by atoms with Gasteiger partial charge in [0.2, 0.25) is 0 Å². The number of carbonyl (C=O) groups is 2. The van der Waals surface area contributed by atoms with Crippen LogP contribution >= 0.6 is 35.6 Å². The number of thiocarbonyl (C=S) groups is 1. The van der Waals surface area contributed by atoms with E-state index in [0.29, 0.717) is 27.0 Å². The molecule has 0 bridgehead atoms. The van der Waals surface area contributed by atoms with Gasteiger partial charge in [0, 0.05) is 24.0 Å². The van der Waals surface area contributed by atoms with Crippen LogP contribution in [0.25, 0.3) is 11.8 Å². The van der Waals surface area contributed by atoms with Crippen LogP contribution in [0, 0.1) is 10.1 Å². The first-order valence-electron chi connectivity index (χ1n) is 8.99. The molecule has 11 heteroatoms. The van der Waals surface area contributed by atoms with Gasteiger partial charge in [0.25, 0.3) is 11.6 Å². The average molecular weight is 486 g/mol. The van der Waals surface area contributed by atoms with E-state index in [1.54, 1.807) is 35.0 Å². The van der Waals surface area contributed by atoms with Crippen LogP contribution in [0.1, 0.15) is 16.1 Å². The minimum absolute atomic E-state index is 0.0368. The minimum Gasteiger partial charge on any atom is -0.478 e. The topological polar surface area (TPSA) is 106 Å². The molecule has 0 saturated carbocycles. The molecule has 1 aliphatic heterocycles. The lowest BCUT2D eigenvalue weighted by Crippen LogP contribution is -2.27. The highest BCUT2D eigenvalue weighted by Gasteiger charge is 2.34. The number of aromatic nitrogens is 1. The monoisotopic (exact) mass is 485 g/mol. The predicted octanol–water partition coefficient (Wildman–Crippen LogP) is 5.14.